The topological polar surface area (TPSA) is 114 Å². The van der Waals surface area contributed by atoms with E-state index in [-0.39, 0.29) is 18.2 Å². The third kappa shape index (κ3) is 5.02. The number of methoxy groups -OCH3 is 1. The van der Waals surface area contributed by atoms with E-state index in [0.29, 0.717) is 35.4 Å². The predicted octanol–water partition coefficient (Wildman–Crippen LogP) is 3.71. The van der Waals surface area contributed by atoms with E-state index in [1.807, 2.05) is 43.5 Å². The summed E-state index contributed by atoms with van der Waals surface area (Å²) in [5.74, 6) is 1.93. The number of hydrogen-bond donors (Lipinski definition) is 2. The minimum Gasteiger partial charge on any atom is -0.497 e. The molecule has 5 rings (SSSR count). The quantitative estimate of drug-likeness (QED) is 0.412. The van der Waals surface area contributed by atoms with Gasteiger partial charge in [0.25, 0.3) is 0 Å². The number of aromatic nitrogens is 4. The molecule has 2 amide bonds. The maximum absolute atomic E-state index is 12.9. The van der Waals surface area contributed by atoms with Gasteiger partial charge in [-0.25, -0.2) is 14.6 Å². The Hall–Kier alpha value is -4.73. The number of hydrogen-bond acceptors (Lipinski definition) is 7. The first kappa shape index (κ1) is 23.0. The molecular formula is C26H25N7O3. The average molecular weight is 484 g/mol. The van der Waals surface area contributed by atoms with Crippen molar-refractivity contribution in [3.63, 3.8) is 0 Å². The van der Waals surface area contributed by atoms with Crippen LogP contribution in [0, 0.1) is 12.8 Å². The van der Waals surface area contributed by atoms with Crippen LogP contribution in [-0.4, -0.2) is 45.2 Å². The van der Waals surface area contributed by atoms with Crippen molar-refractivity contribution in [1.82, 2.24) is 19.7 Å². The zero-order valence-electron chi connectivity index (χ0n) is 19.9. The first-order valence-corrected chi connectivity index (χ1v) is 11.5. The van der Waals surface area contributed by atoms with E-state index in [0.717, 1.165) is 11.4 Å². The second-order valence-electron chi connectivity index (χ2n) is 8.40. The molecule has 1 atom stereocenters. The lowest BCUT2D eigenvalue weighted by atomic mass is 10.1. The average Bonchev–Trinajstić information content (AvgIpc) is 3.55. The van der Waals surface area contributed by atoms with Crippen molar-refractivity contribution in [3.8, 4) is 11.6 Å². The summed E-state index contributed by atoms with van der Waals surface area (Å²) in [6.45, 7) is 2.16. The molecule has 0 bridgehead atoms. The van der Waals surface area contributed by atoms with Gasteiger partial charge >= 0.3 is 0 Å². The fourth-order valence-corrected chi connectivity index (χ4v) is 4.06. The lowest BCUT2D eigenvalue weighted by molar-refractivity contribution is -0.122. The van der Waals surface area contributed by atoms with Gasteiger partial charge in [-0.05, 0) is 61.5 Å². The van der Waals surface area contributed by atoms with Crippen molar-refractivity contribution in [2.75, 3.05) is 29.2 Å². The molecule has 10 heteroatoms. The third-order valence-electron chi connectivity index (χ3n) is 5.87. The number of aryl methyl sites for hydroxylation is 1. The molecular weight excluding hydrogens is 458 g/mol. The molecule has 36 heavy (non-hydrogen) atoms. The Morgan fingerprint density at radius 1 is 1.06 bits per heavy atom. The summed E-state index contributed by atoms with van der Waals surface area (Å²) in [4.78, 5) is 35.9. The summed E-state index contributed by atoms with van der Waals surface area (Å²) in [7, 11) is 1.59. The molecule has 1 aliphatic rings. The van der Waals surface area contributed by atoms with Crippen molar-refractivity contribution in [2.24, 2.45) is 5.92 Å². The van der Waals surface area contributed by atoms with Gasteiger partial charge < -0.3 is 20.3 Å². The number of rotatable bonds is 7. The molecule has 1 saturated heterocycles. The van der Waals surface area contributed by atoms with Gasteiger partial charge in [-0.2, -0.15) is 5.10 Å². The second kappa shape index (κ2) is 9.87. The molecule has 4 aromatic rings. The normalized spacial score (nSPS) is 15.1. The number of ether oxygens (including phenoxy) is 1. The largest absolute Gasteiger partial charge is 0.497 e. The summed E-state index contributed by atoms with van der Waals surface area (Å²) in [5, 5.41) is 10.4. The maximum atomic E-state index is 12.9. The number of carbonyl (C=O) groups is 2. The van der Waals surface area contributed by atoms with Crippen LogP contribution in [0.15, 0.2) is 73.1 Å². The highest BCUT2D eigenvalue weighted by Crippen LogP contribution is 2.28. The molecule has 0 radical (unpaired) electrons. The Labute approximate surface area is 207 Å². The Balaban J connectivity index is 1.21. The van der Waals surface area contributed by atoms with Crippen molar-refractivity contribution in [3.05, 3.63) is 78.9 Å². The second-order valence-corrected chi connectivity index (χ2v) is 8.40. The van der Waals surface area contributed by atoms with E-state index in [1.54, 1.807) is 53.2 Å². The Bertz CT molecular complexity index is 1370. The Kier molecular flexibility index (Phi) is 6.31. The smallest absolute Gasteiger partial charge is 0.229 e. The van der Waals surface area contributed by atoms with Crippen LogP contribution in [-0.2, 0) is 9.59 Å². The van der Waals surface area contributed by atoms with Gasteiger partial charge in [0.1, 0.15) is 17.4 Å². The van der Waals surface area contributed by atoms with Gasteiger partial charge in [-0.1, -0.05) is 0 Å². The molecule has 3 heterocycles. The van der Waals surface area contributed by atoms with Gasteiger partial charge in [0.2, 0.25) is 11.8 Å². The summed E-state index contributed by atoms with van der Waals surface area (Å²) in [6.07, 6.45) is 3.68. The Morgan fingerprint density at radius 3 is 2.50 bits per heavy atom. The molecule has 2 aromatic heterocycles. The molecule has 10 nitrogen and oxygen atoms in total. The third-order valence-corrected chi connectivity index (χ3v) is 5.87. The van der Waals surface area contributed by atoms with Gasteiger partial charge in [-0.15, -0.1) is 0 Å². The lowest BCUT2D eigenvalue weighted by Crippen LogP contribution is -2.28. The van der Waals surface area contributed by atoms with Crippen LogP contribution in [0.3, 0.4) is 0 Å². The molecule has 182 valence electrons. The SMILES string of the molecule is COc1ccc(N2C[C@@H](C(=O)Nc3ccc(Nc4cc(-n5cccn5)nc(C)n4)cc3)CC2=O)cc1. The van der Waals surface area contributed by atoms with E-state index >= 15 is 0 Å². The first-order chi connectivity index (χ1) is 17.5. The zero-order valence-corrected chi connectivity index (χ0v) is 19.9. The summed E-state index contributed by atoms with van der Waals surface area (Å²) in [5.41, 5.74) is 2.21. The number of amides is 2. The minimum atomic E-state index is -0.429. The van der Waals surface area contributed by atoms with E-state index in [2.05, 4.69) is 25.7 Å². The van der Waals surface area contributed by atoms with Crippen molar-refractivity contribution < 1.29 is 14.3 Å². The number of benzene rings is 2. The van der Waals surface area contributed by atoms with Crippen LogP contribution in [0.4, 0.5) is 22.9 Å². The standard InChI is InChI=1S/C26H25N7O3/c1-17-28-23(15-24(29-17)33-13-3-12-27-33)30-19-4-6-20(7-5-19)31-26(35)18-14-25(34)32(16-18)21-8-10-22(36-2)11-9-21/h3-13,15,18H,14,16H2,1-2H3,(H,31,35)(H,28,29,30)/t18-/m0/s1. The molecule has 1 fully saturated rings. The molecule has 0 saturated carbocycles. The lowest BCUT2D eigenvalue weighted by Gasteiger charge is -2.17. The van der Waals surface area contributed by atoms with E-state index in [9.17, 15) is 9.59 Å². The zero-order chi connectivity index (χ0) is 25.1. The van der Waals surface area contributed by atoms with Gasteiger partial charge in [-0.3, -0.25) is 9.59 Å². The highest BCUT2D eigenvalue weighted by molar-refractivity contribution is 6.03. The molecule has 0 aliphatic carbocycles. The minimum absolute atomic E-state index is 0.0745. The molecule has 1 aliphatic heterocycles. The fraction of sp³-hybridized carbons (Fsp3) is 0.192. The number of carbonyl (C=O) groups excluding carboxylic acids is 2. The van der Waals surface area contributed by atoms with Crippen molar-refractivity contribution in [2.45, 2.75) is 13.3 Å². The van der Waals surface area contributed by atoms with Crippen LogP contribution >= 0.6 is 0 Å². The fourth-order valence-electron chi connectivity index (χ4n) is 4.06. The molecule has 0 spiro atoms. The van der Waals surface area contributed by atoms with Crippen molar-refractivity contribution in [1.29, 1.82) is 0 Å². The molecule has 2 aromatic carbocycles. The van der Waals surface area contributed by atoms with Crippen LogP contribution in [0.25, 0.3) is 5.82 Å². The van der Waals surface area contributed by atoms with Crippen molar-refractivity contribution >= 4 is 34.7 Å². The monoisotopic (exact) mass is 483 g/mol. The van der Waals surface area contributed by atoms with Gasteiger partial charge in [0.05, 0.1) is 13.0 Å². The number of nitrogens with zero attached hydrogens (tertiary/aromatic N) is 5. The predicted molar refractivity (Wildman–Crippen MR) is 136 cm³/mol. The number of anilines is 4. The molecule has 0 unspecified atom stereocenters. The Morgan fingerprint density at radius 2 is 1.81 bits per heavy atom. The summed E-state index contributed by atoms with van der Waals surface area (Å²) >= 11 is 0. The maximum Gasteiger partial charge on any atom is 0.229 e. The summed E-state index contributed by atoms with van der Waals surface area (Å²) < 4.78 is 6.84. The van der Waals surface area contributed by atoms with E-state index < -0.39 is 5.92 Å². The van der Waals surface area contributed by atoms with Crippen LogP contribution < -0.4 is 20.3 Å². The highest BCUT2D eigenvalue weighted by atomic mass is 16.5. The van der Waals surface area contributed by atoms with E-state index in [1.165, 1.54) is 0 Å². The van der Waals surface area contributed by atoms with Crippen LogP contribution in [0.1, 0.15) is 12.2 Å². The highest BCUT2D eigenvalue weighted by Gasteiger charge is 2.35. The van der Waals surface area contributed by atoms with Gasteiger partial charge in [0, 0.05) is 48.5 Å². The number of nitrogens with one attached hydrogen (secondary N) is 2. The van der Waals surface area contributed by atoms with Crippen LogP contribution in [0.2, 0.25) is 0 Å². The van der Waals surface area contributed by atoms with E-state index in [4.69, 9.17) is 4.74 Å². The molecule has 2 N–H and O–H groups in total. The summed E-state index contributed by atoms with van der Waals surface area (Å²) in [6, 6.07) is 18.2. The first-order valence-electron chi connectivity index (χ1n) is 11.5. The van der Waals surface area contributed by atoms with Crippen LogP contribution in [0.5, 0.6) is 5.75 Å². The van der Waals surface area contributed by atoms with Gasteiger partial charge in [0.15, 0.2) is 5.82 Å².